The van der Waals surface area contributed by atoms with Gasteiger partial charge in [0.05, 0.1) is 18.4 Å². The second-order valence-electron chi connectivity index (χ2n) is 4.90. The van der Waals surface area contributed by atoms with Crippen molar-refractivity contribution in [3.63, 3.8) is 0 Å². The van der Waals surface area contributed by atoms with Crippen LogP contribution in [0.3, 0.4) is 0 Å². The van der Waals surface area contributed by atoms with E-state index in [4.69, 9.17) is 4.74 Å². The lowest BCUT2D eigenvalue weighted by Gasteiger charge is -2.26. The maximum absolute atomic E-state index is 12.1. The highest BCUT2D eigenvalue weighted by Gasteiger charge is 2.22. The van der Waals surface area contributed by atoms with Gasteiger partial charge in [-0.15, -0.1) is 11.8 Å². The van der Waals surface area contributed by atoms with Crippen molar-refractivity contribution in [2.24, 2.45) is 0 Å². The molecule has 108 valence electrons. The molecule has 1 atom stereocenters. The number of carbonyl (C=O) groups is 1. The van der Waals surface area contributed by atoms with Gasteiger partial charge in [-0.3, -0.25) is 4.79 Å². The summed E-state index contributed by atoms with van der Waals surface area (Å²) in [7, 11) is 0. The molecule has 0 saturated carbocycles. The summed E-state index contributed by atoms with van der Waals surface area (Å²) in [6.07, 6.45) is 0.818. The summed E-state index contributed by atoms with van der Waals surface area (Å²) in [5.41, 5.74) is 1.07. The molecule has 2 aromatic rings. The molecule has 1 aliphatic heterocycles. The Balaban J connectivity index is 1.58. The number of carbonyl (C=O) groups excluding carboxylic acids is 1. The smallest absolute Gasteiger partial charge is 0.230 e. The molecule has 0 aliphatic carbocycles. The Hall–Kier alpha value is -1.94. The summed E-state index contributed by atoms with van der Waals surface area (Å²) in [5, 5.41) is 3.11. The minimum absolute atomic E-state index is 0.0545. The summed E-state index contributed by atoms with van der Waals surface area (Å²) in [5.74, 6) is 1.37. The Morgan fingerprint density at radius 1 is 1.14 bits per heavy atom. The molecule has 0 fully saturated rings. The third-order valence-electron chi connectivity index (χ3n) is 3.41. The molecule has 4 heteroatoms. The van der Waals surface area contributed by atoms with Crippen LogP contribution in [0.15, 0.2) is 59.5 Å². The first kappa shape index (κ1) is 14.0. The van der Waals surface area contributed by atoms with E-state index in [1.807, 2.05) is 54.6 Å². The number of thioether (sulfide) groups is 1. The molecule has 0 radical (unpaired) electrons. The maximum atomic E-state index is 12.1. The number of ether oxygens (including phenoxy) is 1. The number of fused-ring (bicyclic) bond motifs is 1. The molecule has 0 spiro atoms. The Kier molecular flexibility index (Phi) is 4.46. The number of amides is 1. The minimum atomic E-state index is 0.0545. The Bertz CT molecular complexity index is 615. The molecule has 1 heterocycles. The molecular weight excluding hydrogens is 282 g/mol. The van der Waals surface area contributed by atoms with E-state index in [9.17, 15) is 4.79 Å². The average molecular weight is 299 g/mol. The molecular formula is C17H17NO2S. The van der Waals surface area contributed by atoms with Crippen LogP contribution < -0.4 is 10.1 Å². The predicted molar refractivity (Wildman–Crippen MR) is 84.6 cm³/mol. The van der Waals surface area contributed by atoms with Gasteiger partial charge in [-0.2, -0.15) is 0 Å². The van der Waals surface area contributed by atoms with Crippen molar-refractivity contribution >= 4 is 17.7 Å². The quantitative estimate of drug-likeness (QED) is 0.879. The molecule has 1 N–H and O–H groups in total. The maximum Gasteiger partial charge on any atom is 0.230 e. The normalized spacial score (nSPS) is 16.7. The molecule has 0 bridgehead atoms. The van der Waals surface area contributed by atoms with E-state index in [0.29, 0.717) is 12.4 Å². The van der Waals surface area contributed by atoms with Gasteiger partial charge < -0.3 is 10.1 Å². The van der Waals surface area contributed by atoms with Crippen LogP contribution in [0.4, 0.5) is 0 Å². The Labute approximate surface area is 128 Å². The highest BCUT2D eigenvalue weighted by atomic mass is 32.2. The number of para-hydroxylation sites is 1. The van der Waals surface area contributed by atoms with Crippen molar-refractivity contribution in [1.82, 2.24) is 5.32 Å². The zero-order chi connectivity index (χ0) is 14.5. The fourth-order valence-electron chi connectivity index (χ4n) is 2.39. The van der Waals surface area contributed by atoms with Gasteiger partial charge in [0.25, 0.3) is 0 Å². The highest BCUT2D eigenvalue weighted by molar-refractivity contribution is 8.00. The number of benzene rings is 2. The van der Waals surface area contributed by atoms with Crippen LogP contribution in [0.5, 0.6) is 5.75 Å². The number of hydrogen-bond donors (Lipinski definition) is 1. The van der Waals surface area contributed by atoms with E-state index in [1.165, 1.54) is 0 Å². The molecule has 21 heavy (non-hydrogen) atoms. The van der Waals surface area contributed by atoms with Crippen molar-refractivity contribution in [2.45, 2.75) is 17.4 Å². The molecule has 3 rings (SSSR count). The third-order valence-corrected chi connectivity index (χ3v) is 4.42. The largest absolute Gasteiger partial charge is 0.493 e. The van der Waals surface area contributed by atoms with Crippen molar-refractivity contribution < 1.29 is 9.53 Å². The van der Waals surface area contributed by atoms with E-state index in [2.05, 4.69) is 5.32 Å². The highest BCUT2D eigenvalue weighted by Crippen LogP contribution is 2.31. The summed E-state index contributed by atoms with van der Waals surface area (Å²) in [4.78, 5) is 13.2. The number of rotatable bonds is 4. The molecule has 0 unspecified atom stereocenters. The fraction of sp³-hybridized carbons (Fsp3) is 0.235. The Morgan fingerprint density at radius 3 is 2.76 bits per heavy atom. The van der Waals surface area contributed by atoms with E-state index in [1.54, 1.807) is 11.8 Å². The Morgan fingerprint density at radius 2 is 1.90 bits per heavy atom. The van der Waals surface area contributed by atoms with E-state index in [-0.39, 0.29) is 11.9 Å². The molecule has 1 aliphatic rings. The van der Waals surface area contributed by atoms with Crippen molar-refractivity contribution in [3.8, 4) is 5.75 Å². The van der Waals surface area contributed by atoms with Crippen molar-refractivity contribution in [2.75, 3.05) is 12.4 Å². The third kappa shape index (κ3) is 3.58. The van der Waals surface area contributed by atoms with Gasteiger partial charge in [0, 0.05) is 16.9 Å². The molecule has 3 nitrogen and oxygen atoms in total. The monoisotopic (exact) mass is 299 g/mol. The standard InChI is InChI=1S/C17H17NO2S/c19-17(12-21-13-6-2-1-3-7-13)18-15-10-11-20-16-9-5-4-8-14(15)16/h1-9,15H,10-12H2,(H,18,19)/t15-/m1/s1. The van der Waals surface area contributed by atoms with Gasteiger partial charge in [-0.25, -0.2) is 0 Å². The topological polar surface area (TPSA) is 38.3 Å². The minimum Gasteiger partial charge on any atom is -0.493 e. The second kappa shape index (κ2) is 6.68. The zero-order valence-corrected chi connectivity index (χ0v) is 12.4. The molecule has 2 aromatic carbocycles. The van der Waals surface area contributed by atoms with Crippen molar-refractivity contribution in [3.05, 3.63) is 60.2 Å². The first-order valence-corrected chi connectivity index (χ1v) is 8.00. The van der Waals surface area contributed by atoms with Gasteiger partial charge >= 0.3 is 0 Å². The summed E-state index contributed by atoms with van der Waals surface area (Å²) < 4.78 is 5.61. The fourth-order valence-corrected chi connectivity index (χ4v) is 3.12. The van der Waals surface area contributed by atoms with Gasteiger partial charge in [0.2, 0.25) is 5.91 Å². The number of nitrogens with one attached hydrogen (secondary N) is 1. The molecule has 0 saturated heterocycles. The van der Waals surface area contributed by atoms with Gasteiger partial charge in [0.1, 0.15) is 5.75 Å². The van der Waals surface area contributed by atoms with Gasteiger partial charge in [-0.1, -0.05) is 36.4 Å². The van der Waals surface area contributed by atoms with Crippen LogP contribution in [0.25, 0.3) is 0 Å². The van der Waals surface area contributed by atoms with Crippen LogP contribution in [-0.4, -0.2) is 18.3 Å². The molecule has 0 aromatic heterocycles. The summed E-state index contributed by atoms with van der Waals surface area (Å²) in [6.45, 7) is 0.647. The van der Waals surface area contributed by atoms with Crippen LogP contribution in [0.2, 0.25) is 0 Å². The van der Waals surface area contributed by atoms with E-state index < -0.39 is 0 Å². The van der Waals surface area contributed by atoms with Crippen LogP contribution >= 0.6 is 11.8 Å². The average Bonchev–Trinajstić information content (AvgIpc) is 2.54. The predicted octanol–water partition coefficient (Wildman–Crippen LogP) is 3.42. The number of hydrogen-bond acceptors (Lipinski definition) is 3. The molecule has 1 amide bonds. The van der Waals surface area contributed by atoms with Gasteiger partial charge in [-0.05, 0) is 18.2 Å². The summed E-state index contributed by atoms with van der Waals surface area (Å²) in [6, 6.07) is 17.9. The van der Waals surface area contributed by atoms with E-state index >= 15 is 0 Å². The van der Waals surface area contributed by atoms with E-state index in [0.717, 1.165) is 22.6 Å². The lowest BCUT2D eigenvalue weighted by molar-refractivity contribution is -0.119. The first-order valence-electron chi connectivity index (χ1n) is 7.02. The lowest BCUT2D eigenvalue weighted by atomic mass is 10.0. The first-order chi connectivity index (χ1) is 10.3. The zero-order valence-electron chi connectivity index (χ0n) is 11.6. The summed E-state index contributed by atoms with van der Waals surface area (Å²) >= 11 is 1.56. The lowest BCUT2D eigenvalue weighted by Crippen LogP contribution is -2.33. The van der Waals surface area contributed by atoms with Crippen LogP contribution in [-0.2, 0) is 4.79 Å². The second-order valence-corrected chi connectivity index (χ2v) is 5.95. The van der Waals surface area contributed by atoms with Crippen molar-refractivity contribution in [1.29, 1.82) is 0 Å². The SMILES string of the molecule is O=C(CSc1ccccc1)N[C@@H]1CCOc2ccccc21. The van der Waals surface area contributed by atoms with Crippen LogP contribution in [0, 0.1) is 0 Å². The van der Waals surface area contributed by atoms with Gasteiger partial charge in [0.15, 0.2) is 0 Å². The van der Waals surface area contributed by atoms with Crippen LogP contribution in [0.1, 0.15) is 18.0 Å².